The first-order valence-corrected chi connectivity index (χ1v) is 4.76. The molecule has 1 aliphatic rings. The second-order valence-electron chi connectivity index (χ2n) is 3.27. The maximum Gasteiger partial charge on any atom is 0.293 e. The van der Waals surface area contributed by atoms with Crippen LogP contribution < -0.4 is 0 Å². The predicted molar refractivity (Wildman–Crippen MR) is 53.8 cm³/mol. The van der Waals surface area contributed by atoms with Crippen molar-refractivity contribution in [3.8, 4) is 0 Å². The fraction of sp³-hybridized carbons (Fsp3) is 0.182. The third-order valence-corrected chi connectivity index (χ3v) is 2.38. The van der Waals surface area contributed by atoms with Crippen LogP contribution in [-0.2, 0) is 9.53 Å². The Balaban J connectivity index is 2.18. The fourth-order valence-corrected chi connectivity index (χ4v) is 1.63. The smallest absolute Gasteiger partial charge is 0.293 e. The largest absolute Gasteiger partial charge is 0.466 e. The summed E-state index contributed by atoms with van der Waals surface area (Å²) in [7, 11) is 0. The van der Waals surface area contributed by atoms with E-state index in [1.807, 2.05) is 0 Å². The zero-order valence-electron chi connectivity index (χ0n) is 8.38. The Kier molecular flexibility index (Phi) is 2.68. The molecule has 0 atom stereocenters. The van der Waals surface area contributed by atoms with Gasteiger partial charge in [0.05, 0.1) is 17.7 Å². The SMILES string of the molecule is O=COCCN1C(=O)c2ccccc2C1=O. The van der Waals surface area contributed by atoms with Gasteiger partial charge in [-0.15, -0.1) is 0 Å². The van der Waals surface area contributed by atoms with Gasteiger partial charge in [-0.3, -0.25) is 19.3 Å². The first kappa shape index (κ1) is 10.4. The van der Waals surface area contributed by atoms with Crippen molar-refractivity contribution in [3.05, 3.63) is 35.4 Å². The van der Waals surface area contributed by atoms with Crippen LogP contribution in [0.3, 0.4) is 0 Å². The van der Waals surface area contributed by atoms with Gasteiger partial charge in [-0.05, 0) is 12.1 Å². The number of hydrogen-bond donors (Lipinski definition) is 0. The lowest BCUT2D eigenvalue weighted by Crippen LogP contribution is -2.32. The molecule has 2 rings (SSSR count). The number of ether oxygens (including phenoxy) is 1. The summed E-state index contributed by atoms with van der Waals surface area (Å²) in [4.78, 5) is 34.6. The summed E-state index contributed by atoms with van der Waals surface area (Å²) in [5.74, 6) is -0.676. The van der Waals surface area contributed by atoms with Gasteiger partial charge in [0.15, 0.2) is 0 Å². The van der Waals surface area contributed by atoms with Gasteiger partial charge in [0.1, 0.15) is 6.61 Å². The predicted octanol–water partition coefficient (Wildman–Crippen LogP) is 0.456. The molecule has 0 unspecified atom stereocenters. The van der Waals surface area contributed by atoms with E-state index >= 15 is 0 Å². The molecule has 0 saturated carbocycles. The Hall–Kier alpha value is -2.17. The molecule has 1 aromatic rings. The highest BCUT2D eigenvalue weighted by Crippen LogP contribution is 2.21. The van der Waals surface area contributed by atoms with E-state index in [4.69, 9.17) is 0 Å². The molecule has 0 bridgehead atoms. The molecule has 5 nitrogen and oxygen atoms in total. The average molecular weight is 219 g/mol. The number of rotatable bonds is 4. The number of hydrogen-bond acceptors (Lipinski definition) is 4. The molecule has 0 aromatic heterocycles. The van der Waals surface area contributed by atoms with Gasteiger partial charge in [0.2, 0.25) is 0 Å². The maximum absolute atomic E-state index is 11.8. The minimum absolute atomic E-state index is 0.0228. The van der Waals surface area contributed by atoms with Gasteiger partial charge in [-0.2, -0.15) is 0 Å². The van der Waals surface area contributed by atoms with Crippen molar-refractivity contribution in [1.82, 2.24) is 4.90 Å². The highest BCUT2D eigenvalue weighted by Gasteiger charge is 2.34. The first-order valence-electron chi connectivity index (χ1n) is 4.76. The van der Waals surface area contributed by atoms with Crippen molar-refractivity contribution in [1.29, 1.82) is 0 Å². The average Bonchev–Trinajstić information content (AvgIpc) is 2.55. The Morgan fingerprint density at radius 1 is 1.12 bits per heavy atom. The van der Waals surface area contributed by atoms with E-state index in [0.29, 0.717) is 11.1 Å². The highest BCUT2D eigenvalue weighted by molar-refractivity contribution is 6.21. The van der Waals surface area contributed by atoms with Crippen molar-refractivity contribution in [2.24, 2.45) is 0 Å². The summed E-state index contributed by atoms with van der Waals surface area (Å²) in [5, 5.41) is 0. The van der Waals surface area contributed by atoms with Crippen LogP contribution in [0.15, 0.2) is 24.3 Å². The van der Waals surface area contributed by atoms with E-state index in [2.05, 4.69) is 4.74 Å². The van der Waals surface area contributed by atoms with Crippen molar-refractivity contribution in [3.63, 3.8) is 0 Å². The van der Waals surface area contributed by atoms with Gasteiger partial charge in [-0.25, -0.2) is 0 Å². The van der Waals surface area contributed by atoms with E-state index < -0.39 is 0 Å². The molecule has 2 amide bonds. The summed E-state index contributed by atoms with van der Waals surface area (Å²) >= 11 is 0. The van der Waals surface area contributed by atoms with E-state index in [-0.39, 0.29) is 31.4 Å². The Labute approximate surface area is 91.6 Å². The zero-order valence-corrected chi connectivity index (χ0v) is 8.38. The second-order valence-corrected chi connectivity index (χ2v) is 3.27. The lowest BCUT2D eigenvalue weighted by molar-refractivity contribution is -0.128. The minimum atomic E-state index is -0.338. The standard InChI is InChI=1S/C11H9NO4/c13-7-16-6-5-12-10(14)8-3-1-2-4-9(8)11(12)15/h1-4,7H,5-6H2. The Morgan fingerprint density at radius 3 is 2.19 bits per heavy atom. The number of benzene rings is 1. The third-order valence-electron chi connectivity index (χ3n) is 2.38. The molecule has 82 valence electrons. The monoisotopic (exact) mass is 219 g/mol. The van der Waals surface area contributed by atoms with Crippen LogP contribution in [0, 0.1) is 0 Å². The van der Waals surface area contributed by atoms with Crippen LogP contribution in [-0.4, -0.2) is 36.3 Å². The van der Waals surface area contributed by atoms with Crippen molar-refractivity contribution in [2.75, 3.05) is 13.2 Å². The Morgan fingerprint density at radius 2 is 1.69 bits per heavy atom. The van der Waals surface area contributed by atoms with Crippen LogP contribution >= 0.6 is 0 Å². The number of carbonyl (C=O) groups excluding carboxylic acids is 3. The van der Waals surface area contributed by atoms with E-state index in [9.17, 15) is 14.4 Å². The lowest BCUT2D eigenvalue weighted by atomic mass is 10.1. The minimum Gasteiger partial charge on any atom is -0.466 e. The molecule has 0 aliphatic carbocycles. The number of amides is 2. The van der Waals surface area contributed by atoms with E-state index in [1.165, 1.54) is 0 Å². The third kappa shape index (κ3) is 1.56. The maximum atomic E-state index is 11.8. The molecule has 0 N–H and O–H groups in total. The summed E-state index contributed by atoms with van der Waals surface area (Å²) < 4.78 is 4.46. The van der Waals surface area contributed by atoms with E-state index in [0.717, 1.165) is 4.90 Å². The van der Waals surface area contributed by atoms with E-state index in [1.54, 1.807) is 24.3 Å². The molecule has 5 heteroatoms. The molecule has 0 radical (unpaired) electrons. The molecule has 1 heterocycles. The van der Waals surface area contributed by atoms with Gasteiger partial charge >= 0.3 is 0 Å². The molecule has 0 fully saturated rings. The number of carbonyl (C=O) groups is 3. The van der Waals surface area contributed by atoms with Crippen LogP contribution in [0.4, 0.5) is 0 Å². The highest BCUT2D eigenvalue weighted by atomic mass is 16.5. The second kappa shape index (κ2) is 4.14. The van der Waals surface area contributed by atoms with Gasteiger partial charge in [0.25, 0.3) is 18.3 Å². The summed E-state index contributed by atoms with van der Waals surface area (Å²) in [6.07, 6.45) is 0. The summed E-state index contributed by atoms with van der Waals surface area (Å²) in [6.45, 7) is 0.401. The van der Waals surface area contributed by atoms with Crippen LogP contribution in [0.5, 0.6) is 0 Å². The van der Waals surface area contributed by atoms with Crippen molar-refractivity contribution in [2.45, 2.75) is 0 Å². The molecular formula is C11H9NO4. The molecule has 0 spiro atoms. The summed E-state index contributed by atoms with van der Waals surface area (Å²) in [6, 6.07) is 6.62. The normalized spacial score (nSPS) is 13.9. The van der Waals surface area contributed by atoms with Gasteiger partial charge < -0.3 is 4.74 Å². The molecule has 16 heavy (non-hydrogen) atoms. The fourth-order valence-electron chi connectivity index (χ4n) is 1.63. The number of imide groups is 1. The first-order chi connectivity index (χ1) is 7.75. The summed E-state index contributed by atoms with van der Waals surface area (Å²) in [5.41, 5.74) is 0.803. The molecular weight excluding hydrogens is 210 g/mol. The molecule has 1 aliphatic heterocycles. The van der Waals surface area contributed by atoms with Crippen molar-refractivity contribution < 1.29 is 19.1 Å². The quantitative estimate of drug-likeness (QED) is 0.419. The van der Waals surface area contributed by atoms with Crippen LogP contribution in [0.25, 0.3) is 0 Å². The zero-order chi connectivity index (χ0) is 11.5. The molecule has 0 saturated heterocycles. The lowest BCUT2D eigenvalue weighted by Gasteiger charge is -2.12. The Bertz CT molecular complexity index is 420. The van der Waals surface area contributed by atoms with Crippen molar-refractivity contribution >= 4 is 18.3 Å². The topological polar surface area (TPSA) is 63.7 Å². The molecule has 1 aromatic carbocycles. The van der Waals surface area contributed by atoms with Gasteiger partial charge in [-0.1, -0.05) is 12.1 Å². The van der Waals surface area contributed by atoms with Gasteiger partial charge in [0, 0.05) is 0 Å². The van der Waals surface area contributed by atoms with Crippen LogP contribution in [0.2, 0.25) is 0 Å². The van der Waals surface area contributed by atoms with Crippen LogP contribution in [0.1, 0.15) is 20.7 Å². The number of nitrogens with zero attached hydrogens (tertiary/aromatic N) is 1. The number of fused-ring (bicyclic) bond motifs is 1.